The molecule has 0 aliphatic rings. The highest BCUT2D eigenvalue weighted by atomic mass is 16.5. The number of unbranched alkanes of at least 4 members (excludes halogenated alkanes) is 1. The molecule has 7 N–H and O–H groups in total. The fraction of sp³-hybridized carbons (Fsp3) is 0.387. The molecule has 2 amide bonds. The van der Waals surface area contributed by atoms with Crippen molar-refractivity contribution in [3.8, 4) is 6.01 Å². The van der Waals surface area contributed by atoms with Crippen LogP contribution < -0.4 is 21.7 Å². The van der Waals surface area contributed by atoms with Gasteiger partial charge in [-0.1, -0.05) is 55.8 Å². The van der Waals surface area contributed by atoms with E-state index in [4.69, 9.17) is 10.5 Å². The summed E-state index contributed by atoms with van der Waals surface area (Å²) < 4.78 is 7.71. The minimum absolute atomic E-state index is 0.159. The molecule has 44 heavy (non-hydrogen) atoms. The van der Waals surface area contributed by atoms with Gasteiger partial charge < -0.3 is 36.6 Å². The van der Waals surface area contributed by atoms with E-state index in [0.29, 0.717) is 35.8 Å². The van der Waals surface area contributed by atoms with E-state index in [1.165, 1.54) is 4.57 Å². The minimum Gasteiger partial charge on any atom is -0.480 e. The number of nitrogens with zero attached hydrogens (tertiary/aromatic N) is 4. The molecule has 13 nitrogen and oxygen atoms in total. The van der Waals surface area contributed by atoms with Crippen LogP contribution in [-0.2, 0) is 22.5 Å². The molecular formula is C31H40N8O5. The molecule has 4 aromatic rings. The van der Waals surface area contributed by atoms with E-state index in [0.717, 1.165) is 24.0 Å². The van der Waals surface area contributed by atoms with Crippen LogP contribution in [0.5, 0.6) is 6.01 Å². The van der Waals surface area contributed by atoms with Crippen molar-refractivity contribution in [2.45, 2.75) is 71.2 Å². The summed E-state index contributed by atoms with van der Waals surface area (Å²) in [5.74, 6) is -0.0429. The van der Waals surface area contributed by atoms with E-state index >= 15 is 0 Å². The van der Waals surface area contributed by atoms with Crippen LogP contribution in [0, 0.1) is 0 Å². The minimum atomic E-state index is -1.34. The van der Waals surface area contributed by atoms with Crippen LogP contribution in [0.2, 0.25) is 0 Å². The Hall–Kier alpha value is -4.91. The maximum absolute atomic E-state index is 13.5. The summed E-state index contributed by atoms with van der Waals surface area (Å²) in [5, 5.41) is 28.4. The lowest BCUT2D eigenvalue weighted by atomic mass is 9.99. The highest BCUT2D eigenvalue weighted by molar-refractivity contribution is 5.97. The Labute approximate surface area is 255 Å². The smallest absolute Gasteiger partial charge is 0.405 e. The normalized spacial score (nSPS) is 12.9. The number of nitrogens with one attached hydrogen (secondary N) is 3. The zero-order chi connectivity index (χ0) is 31.9. The Kier molecular flexibility index (Phi) is 10.2. The van der Waals surface area contributed by atoms with Gasteiger partial charge in [0.2, 0.25) is 11.9 Å². The number of rotatable bonds is 13. The molecule has 4 rings (SSSR count). The average Bonchev–Trinajstić information content (AvgIpc) is 3.27. The third-order valence-corrected chi connectivity index (χ3v) is 6.69. The molecule has 2 aromatic heterocycles. The second kappa shape index (κ2) is 14.0. The average molecular weight is 605 g/mol. The van der Waals surface area contributed by atoms with Gasteiger partial charge >= 0.3 is 6.09 Å². The molecule has 13 heteroatoms. The molecular weight excluding hydrogens is 564 g/mol. The van der Waals surface area contributed by atoms with Gasteiger partial charge in [0, 0.05) is 18.7 Å². The van der Waals surface area contributed by atoms with E-state index < -0.39 is 29.7 Å². The summed E-state index contributed by atoms with van der Waals surface area (Å²) in [4.78, 5) is 38.1. The number of carbonyl (C=O) groups is 2. The van der Waals surface area contributed by atoms with Gasteiger partial charge in [-0.3, -0.25) is 9.36 Å². The predicted molar refractivity (Wildman–Crippen MR) is 169 cm³/mol. The first-order valence-electron chi connectivity index (χ1n) is 14.5. The van der Waals surface area contributed by atoms with Gasteiger partial charge in [0.25, 0.3) is 6.01 Å². The van der Waals surface area contributed by atoms with Gasteiger partial charge in [0.1, 0.15) is 6.04 Å². The third-order valence-electron chi connectivity index (χ3n) is 6.69. The SMILES string of the molecule is CCCCNc1nc(N)c2nc(O)n(Cc3ccc(NC(=O)C(NC(=O)O)[C@H](Cc4ccccc4)OC(C)(C)C)cc3)c2n1. The van der Waals surface area contributed by atoms with Gasteiger partial charge in [0.05, 0.1) is 18.2 Å². The molecule has 0 radical (unpaired) electrons. The summed E-state index contributed by atoms with van der Waals surface area (Å²) >= 11 is 0. The number of fused-ring (bicyclic) bond motifs is 1. The largest absolute Gasteiger partial charge is 0.480 e. The summed E-state index contributed by atoms with van der Waals surface area (Å²) in [6, 6.07) is 14.9. The number of hydrogen-bond acceptors (Lipinski definition) is 9. The Morgan fingerprint density at radius 2 is 1.73 bits per heavy atom. The second-order valence-corrected chi connectivity index (χ2v) is 11.5. The maximum atomic E-state index is 13.5. The lowest BCUT2D eigenvalue weighted by molar-refractivity contribution is -0.127. The number of aromatic hydroxyl groups is 1. The predicted octanol–water partition coefficient (Wildman–Crippen LogP) is 4.38. The molecule has 0 aliphatic carbocycles. The Bertz CT molecular complexity index is 1570. The Morgan fingerprint density at radius 3 is 2.36 bits per heavy atom. The zero-order valence-electron chi connectivity index (χ0n) is 25.4. The van der Waals surface area contributed by atoms with Crippen LogP contribution in [0.3, 0.4) is 0 Å². The number of benzene rings is 2. The van der Waals surface area contributed by atoms with Crippen LogP contribution >= 0.6 is 0 Å². The lowest BCUT2D eigenvalue weighted by Crippen LogP contribution is -2.54. The molecule has 2 heterocycles. The van der Waals surface area contributed by atoms with E-state index in [1.807, 2.05) is 51.1 Å². The Balaban J connectivity index is 1.52. The van der Waals surface area contributed by atoms with Gasteiger partial charge in [-0.25, -0.2) is 4.79 Å². The van der Waals surface area contributed by atoms with Crippen molar-refractivity contribution >= 4 is 40.6 Å². The molecule has 0 aliphatic heterocycles. The number of imidazole rings is 1. The summed E-state index contributed by atoms with van der Waals surface area (Å²) in [6.07, 6.45) is 0.161. The molecule has 234 valence electrons. The van der Waals surface area contributed by atoms with E-state index in [2.05, 4.69) is 37.8 Å². The first-order valence-corrected chi connectivity index (χ1v) is 14.5. The molecule has 0 bridgehead atoms. The monoisotopic (exact) mass is 604 g/mol. The zero-order valence-corrected chi connectivity index (χ0v) is 25.4. The fourth-order valence-corrected chi connectivity index (χ4v) is 4.70. The van der Waals surface area contributed by atoms with Gasteiger partial charge in [-0.2, -0.15) is 15.0 Å². The lowest BCUT2D eigenvalue weighted by Gasteiger charge is -2.32. The molecule has 0 saturated carbocycles. The third kappa shape index (κ3) is 8.57. The first-order chi connectivity index (χ1) is 20.9. The highest BCUT2D eigenvalue weighted by Gasteiger charge is 2.34. The van der Waals surface area contributed by atoms with Crippen LogP contribution in [0.15, 0.2) is 54.6 Å². The number of carbonyl (C=O) groups excluding carboxylic acids is 1. The van der Waals surface area contributed by atoms with Crippen molar-refractivity contribution < 1.29 is 24.5 Å². The van der Waals surface area contributed by atoms with E-state index in [-0.39, 0.29) is 18.4 Å². The molecule has 2 aromatic carbocycles. The van der Waals surface area contributed by atoms with Gasteiger partial charge in [0.15, 0.2) is 17.0 Å². The van der Waals surface area contributed by atoms with Crippen molar-refractivity contribution in [2.24, 2.45) is 0 Å². The number of nitrogen functional groups attached to an aromatic ring is 1. The maximum Gasteiger partial charge on any atom is 0.405 e. The first kappa shape index (κ1) is 32.0. The highest BCUT2D eigenvalue weighted by Crippen LogP contribution is 2.26. The number of ether oxygens (including phenoxy) is 1. The van der Waals surface area contributed by atoms with Crippen LogP contribution in [-0.4, -0.2) is 66.0 Å². The van der Waals surface area contributed by atoms with Crippen LogP contribution in [0.4, 0.5) is 22.2 Å². The molecule has 2 atom stereocenters. The topological polar surface area (TPSA) is 190 Å². The van der Waals surface area contributed by atoms with E-state index in [9.17, 15) is 19.8 Å². The van der Waals surface area contributed by atoms with Crippen LogP contribution in [0.25, 0.3) is 11.2 Å². The summed E-state index contributed by atoms with van der Waals surface area (Å²) in [5.41, 5.74) is 8.28. The summed E-state index contributed by atoms with van der Waals surface area (Å²) in [7, 11) is 0. The number of anilines is 3. The van der Waals surface area contributed by atoms with Crippen molar-refractivity contribution in [3.63, 3.8) is 0 Å². The molecule has 1 unspecified atom stereocenters. The molecule has 0 saturated heterocycles. The fourth-order valence-electron chi connectivity index (χ4n) is 4.70. The van der Waals surface area contributed by atoms with Crippen molar-refractivity contribution in [3.05, 3.63) is 65.7 Å². The molecule has 0 spiro atoms. The molecule has 0 fully saturated rings. The number of hydrogen-bond donors (Lipinski definition) is 6. The standard InChI is InChI=1S/C31H40N8O5/c1-5-6-16-33-28-37-25(32)24-26(38-28)39(29(41)35-24)18-20-12-14-21(15-13-20)34-27(40)23(36-30(42)43)22(44-31(2,3)4)17-19-10-8-7-9-11-19/h7-15,22-23,36H,5-6,16-18H2,1-4H3,(H,34,40)(H,35,41)(H,42,43)(H3,32,33,37,38)/t22-,23?/m0/s1. The van der Waals surface area contributed by atoms with Gasteiger partial charge in [-0.05, 0) is 50.5 Å². The number of aromatic nitrogens is 4. The number of carboxylic acid groups (broad SMARTS) is 1. The summed E-state index contributed by atoms with van der Waals surface area (Å²) in [6.45, 7) is 8.55. The van der Waals surface area contributed by atoms with Crippen LogP contribution in [0.1, 0.15) is 51.7 Å². The number of amides is 2. The van der Waals surface area contributed by atoms with E-state index in [1.54, 1.807) is 24.3 Å². The second-order valence-electron chi connectivity index (χ2n) is 11.5. The number of nitrogens with two attached hydrogens (primary N) is 1. The van der Waals surface area contributed by atoms with Crippen molar-refractivity contribution in [2.75, 3.05) is 22.9 Å². The quantitative estimate of drug-likeness (QED) is 0.119. The van der Waals surface area contributed by atoms with Gasteiger partial charge in [-0.15, -0.1) is 0 Å². The van der Waals surface area contributed by atoms with Crippen molar-refractivity contribution in [1.29, 1.82) is 0 Å². The van der Waals surface area contributed by atoms with Crippen molar-refractivity contribution in [1.82, 2.24) is 24.8 Å². The Morgan fingerprint density at radius 1 is 1.02 bits per heavy atom.